The average Bonchev–Trinajstić information content (AvgIpc) is 3.64. The number of ether oxygens (including phenoxy) is 2. The minimum atomic E-state index is 0.355. The van der Waals surface area contributed by atoms with Gasteiger partial charge < -0.3 is 19.3 Å². The van der Waals surface area contributed by atoms with Gasteiger partial charge in [-0.25, -0.2) is 0 Å². The number of halogens is 2. The lowest BCUT2D eigenvalue weighted by atomic mass is 10.2. The fourth-order valence-corrected chi connectivity index (χ4v) is 5.51. The molecule has 0 radical (unpaired) electrons. The van der Waals surface area contributed by atoms with E-state index in [1.54, 1.807) is 13.3 Å². The van der Waals surface area contributed by atoms with Gasteiger partial charge in [-0.3, -0.25) is 5.43 Å². The van der Waals surface area contributed by atoms with Gasteiger partial charge in [-0.05, 0) is 72.0 Å². The Balaban J connectivity index is 1.31. The minimum Gasteiger partial charge on any atom is -0.493 e. The Morgan fingerprint density at radius 1 is 1.03 bits per heavy atom. The maximum Gasteiger partial charge on any atom is 0.229 e. The van der Waals surface area contributed by atoms with E-state index < -0.39 is 0 Å². The van der Waals surface area contributed by atoms with Crippen LogP contribution in [-0.4, -0.2) is 49.5 Å². The first-order valence-electron chi connectivity index (χ1n) is 12.5. The maximum absolute atomic E-state index is 6.28. The number of hydrazone groups is 1. The van der Waals surface area contributed by atoms with Gasteiger partial charge in [-0.1, -0.05) is 29.8 Å². The second-order valence-corrected chi connectivity index (χ2v) is 10.7. The van der Waals surface area contributed by atoms with Crippen LogP contribution >= 0.6 is 34.2 Å². The van der Waals surface area contributed by atoms with Crippen LogP contribution in [0.2, 0.25) is 5.02 Å². The smallest absolute Gasteiger partial charge is 0.229 e. The summed E-state index contributed by atoms with van der Waals surface area (Å²) in [6.07, 6.45) is 6.51. The molecular weight excluding hydrogens is 603 g/mol. The number of rotatable bonds is 9. The third-order valence-corrected chi connectivity index (χ3v) is 7.66. The first-order chi connectivity index (χ1) is 18.1. The number of benzene rings is 2. The number of nitrogens with zero attached hydrogens (tertiary/aromatic N) is 5. The highest BCUT2D eigenvalue weighted by atomic mass is 127. The summed E-state index contributed by atoms with van der Waals surface area (Å²) in [5.74, 6) is 3.74. The molecule has 0 atom stereocenters. The number of aromatic nitrogens is 2. The van der Waals surface area contributed by atoms with Crippen LogP contribution in [0.25, 0.3) is 0 Å². The lowest BCUT2D eigenvalue weighted by molar-refractivity contribution is 0.282. The van der Waals surface area contributed by atoms with E-state index in [-0.39, 0.29) is 0 Å². The van der Waals surface area contributed by atoms with Crippen molar-refractivity contribution in [2.24, 2.45) is 5.10 Å². The molecule has 2 aromatic carbocycles. The minimum absolute atomic E-state index is 0.355. The Hall–Kier alpha value is -2.79. The van der Waals surface area contributed by atoms with Gasteiger partial charge in [0.25, 0.3) is 0 Å². The zero-order valence-corrected chi connectivity index (χ0v) is 23.7. The Kier molecular flexibility index (Phi) is 8.50. The molecule has 0 unspecified atom stereocenters. The summed E-state index contributed by atoms with van der Waals surface area (Å²) >= 11 is 8.53. The first kappa shape index (κ1) is 25.8. The number of hydrogen-bond acceptors (Lipinski definition) is 8. The Bertz CT molecular complexity index is 1230. The molecule has 3 heterocycles. The van der Waals surface area contributed by atoms with E-state index in [9.17, 15) is 0 Å². The van der Waals surface area contributed by atoms with E-state index >= 15 is 0 Å². The van der Waals surface area contributed by atoms with E-state index in [0.717, 1.165) is 52.6 Å². The standard InChI is InChI=1S/C27H30ClIN6O2/c1-36-23-15-19(14-22(29)26(23)37-18-20-8-2-3-9-21(20)28)17-30-33-24-16-25(34-10-4-5-11-34)32-27(31-24)35-12-6-7-13-35/h2-3,8-9,14-17H,4-7,10-13,18H2,1H3,(H,31,32,33). The van der Waals surface area contributed by atoms with Crippen LogP contribution in [0.5, 0.6) is 11.5 Å². The Labute approximate surface area is 236 Å². The molecule has 1 N–H and O–H groups in total. The van der Waals surface area contributed by atoms with Crippen molar-refractivity contribution in [3.05, 3.63) is 62.2 Å². The second-order valence-electron chi connectivity index (χ2n) is 9.08. The lowest BCUT2D eigenvalue weighted by Gasteiger charge is -2.21. The summed E-state index contributed by atoms with van der Waals surface area (Å²) in [6.45, 7) is 4.41. The van der Waals surface area contributed by atoms with Crippen molar-refractivity contribution < 1.29 is 9.47 Å². The highest BCUT2D eigenvalue weighted by Crippen LogP contribution is 2.34. The summed E-state index contributed by atoms with van der Waals surface area (Å²) in [5, 5.41) is 5.16. The summed E-state index contributed by atoms with van der Waals surface area (Å²) in [4.78, 5) is 14.2. The molecular formula is C27H30ClIN6O2. The van der Waals surface area contributed by atoms with Gasteiger partial charge in [0.15, 0.2) is 17.3 Å². The van der Waals surface area contributed by atoms with Crippen molar-refractivity contribution in [1.29, 1.82) is 0 Å². The third-order valence-electron chi connectivity index (χ3n) is 6.49. The highest BCUT2D eigenvalue weighted by Gasteiger charge is 2.20. The molecule has 0 amide bonds. The summed E-state index contributed by atoms with van der Waals surface area (Å²) < 4.78 is 12.6. The van der Waals surface area contributed by atoms with Crippen LogP contribution < -0.4 is 24.7 Å². The van der Waals surface area contributed by atoms with Crippen molar-refractivity contribution in [1.82, 2.24) is 9.97 Å². The largest absolute Gasteiger partial charge is 0.493 e. The summed E-state index contributed by atoms with van der Waals surface area (Å²) in [6, 6.07) is 13.5. The molecule has 1 aromatic heterocycles. The average molecular weight is 633 g/mol. The molecule has 2 saturated heterocycles. The van der Waals surface area contributed by atoms with Gasteiger partial charge in [0, 0.05) is 42.8 Å². The number of methoxy groups -OCH3 is 1. The van der Waals surface area contributed by atoms with Crippen LogP contribution in [0, 0.1) is 3.57 Å². The van der Waals surface area contributed by atoms with E-state index in [2.05, 4.69) is 42.9 Å². The van der Waals surface area contributed by atoms with Crippen LogP contribution in [0.3, 0.4) is 0 Å². The van der Waals surface area contributed by atoms with Gasteiger partial charge in [0.2, 0.25) is 5.95 Å². The van der Waals surface area contributed by atoms with Gasteiger partial charge in [0.1, 0.15) is 12.4 Å². The van der Waals surface area contributed by atoms with E-state index in [1.165, 1.54) is 25.7 Å². The molecule has 3 aromatic rings. The number of anilines is 3. The molecule has 194 valence electrons. The molecule has 8 nitrogen and oxygen atoms in total. The topological polar surface area (TPSA) is 75.1 Å². The summed E-state index contributed by atoms with van der Waals surface area (Å²) in [7, 11) is 1.63. The predicted octanol–water partition coefficient (Wildman–Crippen LogP) is 5.97. The van der Waals surface area contributed by atoms with Crippen LogP contribution in [0.15, 0.2) is 47.6 Å². The second kappa shape index (κ2) is 12.2. The molecule has 2 aliphatic rings. The maximum atomic E-state index is 6.28. The van der Waals surface area contributed by atoms with Crippen molar-refractivity contribution in [2.45, 2.75) is 32.3 Å². The van der Waals surface area contributed by atoms with Crippen molar-refractivity contribution >= 4 is 58.0 Å². The fourth-order valence-electron chi connectivity index (χ4n) is 4.54. The van der Waals surface area contributed by atoms with Gasteiger partial charge in [0.05, 0.1) is 16.9 Å². The van der Waals surface area contributed by atoms with Crippen LogP contribution in [0.1, 0.15) is 36.8 Å². The highest BCUT2D eigenvalue weighted by molar-refractivity contribution is 14.1. The number of hydrogen-bond donors (Lipinski definition) is 1. The molecule has 0 aliphatic carbocycles. The Morgan fingerprint density at radius 3 is 2.49 bits per heavy atom. The normalized spacial score (nSPS) is 15.5. The molecule has 5 rings (SSSR count). The van der Waals surface area contributed by atoms with E-state index in [4.69, 9.17) is 31.0 Å². The molecule has 0 spiro atoms. The Morgan fingerprint density at radius 2 is 1.76 bits per heavy atom. The van der Waals surface area contributed by atoms with Crippen molar-refractivity contribution in [2.75, 3.05) is 48.5 Å². The molecule has 10 heteroatoms. The molecule has 0 saturated carbocycles. The van der Waals surface area contributed by atoms with Gasteiger partial charge >= 0.3 is 0 Å². The van der Waals surface area contributed by atoms with E-state index in [1.807, 2.05) is 42.5 Å². The quantitative estimate of drug-likeness (QED) is 0.177. The molecule has 37 heavy (non-hydrogen) atoms. The SMILES string of the molecule is COc1cc(C=NNc2cc(N3CCCC3)nc(N3CCCC3)n2)cc(I)c1OCc1ccccc1Cl. The van der Waals surface area contributed by atoms with Crippen LogP contribution in [0.4, 0.5) is 17.6 Å². The molecule has 2 aliphatic heterocycles. The monoisotopic (exact) mass is 632 g/mol. The fraction of sp³-hybridized carbons (Fsp3) is 0.370. The van der Waals surface area contributed by atoms with Gasteiger partial charge in [-0.15, -0.1) is 0 Å². The zero-order chi connectivity index (χ0) is 25.6. The van der Waals surface area contributed by atoms with Crippen molar-refractivity contribution in [3.63, 3.8) is 0 Å². The van der Waals surface area contributed by atoms with E-state index in [0.29, 0.717) is 28.9 Å². The molecule has 2 fully saturated rings. The number of nitrogens with one attached hydrogen (secondary N) is 1. The molecule has 0 bridgehead atoms. The zero-order valence-electron chi connectivity index (χ0n) is 20.8. The van der Waals surface area contributed by atoms with Crippen LogP contribution in [-0.2, 0) is 6.61 Å². The summed E-state index contributed by atoms with van der Waals surface area (Å²) in [5.41, 5.74) is 4.92. The van der Waals surface area contributed by atoms with Crippen molar-refractivity contribution in [3.8, 4) is 11.5 Å². The predicted molar refractivity (Wildman–Crippen MR) is 158 cm³/mol. The third kappa shape index (κ3) is 6.38. The first-order valence-corrected chi connectivity index (χ1v) is 14.0. The van der Waals surface area contributed by atoms with Gasteiger partial charge in [-0.2, -0.15) is 15.1 Å². The lowest BCUT2D eigenvalue weighted by Crippen LogP contribution is -2.24.